The smallest absolute Gasteiger partial charge is 0.417 e. The summed E-state index contributed by atoms with van der Waals surface area (Å²) in [5, 5.41) is 0. The summed E-state index contributed by atoms with van der Waals surface area (Å²) in [6, 6.07) is -0.192. The van der Waals surface area contributed by atoms with Crippen LogP contribution in [-0.2, 0) is 9.53 Å². The van der Waals surface area contributed by atoms with Crippen molar-refractivity contribution in [1.82, 2.24) is 4.90 Å². The molecule has 12 heavy (non-hydrogen) atoms. The number of hydrogen-bond donors (Lipinski definition) is 0. The number of nitrogens with zero attached hydrogens (tertiary/aromatic N) is 1. The highest BCUT2D eigenvalue weighted by Crippen LogP contribution is 2.28. The zero-order chi connectivity index (χ0) is 9.52. The Morgan fingerprint density at radius 1 is 1.58 bits per heavy atom. The Kier molecular flexibility index (Phi) is 1.86. The van der Waals surface area contributed by atoms with E-state index in [1.165, 1.54) is 6.92 Å². The molecule has 1 aliphatic heterocycles. The average Bonchev–Trinajstić information content (AvgIpc) is 2.02. The molecule has 4 nitrogen and oxygen atoms in total. The van der Waals surface area contributed by atoms with Crippen molar-refractivity contribution in [3.8, 4) is 0 Å². The molecule has 0 bridgehead atoms. The van der Waals surface area contributed by atoms with Crippen molar-refractivity contribution >= 4 is 12.0 Å². The number of ether oxygens (including phenoxy) is 1. The van der Waals surface area contributed by atoms with Gasteiger partial charge in [-0.05, 0) is 20.8 Å². The van der Waals surface area contributed by atoms with Crippen molar-refractivity contribution in [2.45, 2.75) is 39.3 Å². The molecule has 1 atom stereocenters. The number of amides is 2. The van der Waals surface area contributed by atoms with Gasteiger partial charge in [-0.15, -0.1) is 0 Å². The Morgan fingerprint density at radius 3 is 2.25 bits per heavy atom. The van der Waals surface area contributed by atoms with Gasteiger partial charge in [0.2, 0.25) is 5.91 Å². The first-order valence-corrected chi connectivity index (χ1v) is 3.89. The fraction of sp³-hybridized carbons (Fsp3) is 0.750. The molecule has 0 N–H and O–H groups in total. The van der Waals surface area contributed by atoms with Gasteiger partial charge in [0.25, 0.3) is 0 Å². The van der Waals surface area contributed by atoms with Crippen molar-refractivity contribution in [3.05, 3.63) is 0 Å². The fourth-order valence-corrected chi connectivity index (χ4v) is 1.23. The lowest BCUT2D eigenvalue weighted by Gasteiger charge is -2.22. The Balaban J connectivity index is 2.92. The van der Waals surface area contributed by atoms with Crippen LogP contribution in [0, 0.1) is 0 Å². The van der Waals surface area contributed by atoms with Crippen LogP contribution < -0.4 is 0 Å². The van der Waals surface area contributed by atoms with Crippen LogP contribution >= 0.6 is 0 Å². The number of imide groups is 1. The highest BCUT2D eigenvalue weighted by atomic mass is 16.6. The van der Waals surface area contributed by atoms with E-state index in [-0.39, 0.29) is 11.9 Å². The van der Waals surface area contributed by atoms with E-state index in [0.29, 0.717) is 0 Å². The standard InChI is InChI=1S/C8H13NO3/c1-5-8(3,4)12-7(11)9(5)6(2)10/h5H,1-4H3/t5-/m0/s1. The molecule has 0 unspecified atom stereocenters. The minimum Gasteiger partial charge on any atom is -0.441 e. The van der Waals surface area contributed by atoms with E-state index >= 15 is 0 Å². The van der Waals surface area contributed by atoms with Gasteiger partial charge in [0.1, 0.15) is 5.60 Å². The molecule has 0 radical (unpaired) electrons. The molecule has 0 aliphatic carbocycles. The second kappa shape index (κ2) is 2.47. The zero-order valence-corrected chi connectivity index (χ0v) is 7.75. The second-order valence-electron chi connectivity index (χ2n) is 3.54. The molecule has 0 saturated carbocycles. The molecule has 0 aromatic rings. The number of carbonyl (C=O) groups is 2. The molecule has 2 amide bonds. The van der Waals surface area contributed by atoms with Crippen molar-refractivity contribution in [2.24, 2.45) is 0 Å². The Hall–Kier alpha value is -1.06. The van der Waals surface area contributed by atoms with Crippen LogP contribution in [0.3, 0.4) is 0 Å². The van der Waals surface area contributed by atoms with E-state index in [1.807, 2.05) is 0 Å². The van der Waals surface area contributed by atoms with E-state index < -0.39 is 11.7 Å². The van der Waals surface area contributed by atoms with Gasteiger partial charge in [0.15, 0.2) is 0 Å². The van der Waals surface area contributed by atoms with E-state index in [2.05, 4.69) is 0 Å². The SMILES string of the molecule is CC(=O)N1C(=O)OC(C)(C)[C@@H]1C. The number of rotatable bonds is 0. The third-order valence-electron chi connectivity index (χ3n) is 2.28. The molecule has 1 rings (SSSR count). The molecule has 1 aliphatic rings. The molecular weight excluding hydrogens is 158 g/mol. The van der Waals surface area contributed by atoms with Crippen molar-refractivity contribution in [3.63, 3.8) is 0 Å². The fourth-order valence-electron chi connectivity index (χ4n) is 1.23. The maximum absolute atomic E-state index is 11.1. The minimum atomic E-state index is -0.567. The first-order chi connectivity index (χ1) is 5.36. The van der Waals surface area contributed by atoms with Gasteiger partial charge in [0, 0.05) is 6.92 Å². The first kappa shape index (κ1) is 9.03. The lowest BCUT2D eigenvalue weighted by atomic mass is 10.0. The summed E-state index contributed by atoms with van der Waals surface area (Å²) in [5.74, 6) is -0.266. The van der Waals surface area contributed by atoms with E-state index in [9.17, 15) is 9.59 Å². The van der Waals surface area contributed by atoms with E-state index in [4.69, 9.17) is 4.74 Å². The topological polar surface area (TPSA) is 46.6 Å². The number of cyclic esters (lactones) is 1. The molecule has 0 aromatic heterocycles. The van der Waals surface area contributed by atoms with Crippen LogP contribution in [0.4, 0.5) is 4.79 Å². The van der Waals surface area contributed by atoms with E-state index in [1.54, 1.807) is 20.8 Å². The van der Waals surface area contributed by atoms with Crippen LogP contribution in [0.15, 0.2) is 0 Å². The normalized spacial score (nSPS) is 27.2. The predicted octanol–water partition coefficient (Wildman–Crippen LogP) is 1.15. The van der Waals surface area contributed by atoms with Gasteiger partial charge in [0.05, 0.1) is 6.04 Å². The molecule has 68 valence electrons. The lowest BCUT2D eigenvalue weighted by Crippen LogP contribution is -2.41. The monoisotopic (exact) mass is 171 g/mol. The largest absolute Gasteiger partial charge is 0.441 e. The molecule has 0 spiro atoms. The van der Waals surface area contributed by atoms with Gasteiger partial charge in [-0.25, -0.2) is 9.69 Å². The van der Waals surface area contributed by atoms with Crippen LogP contribution in [0.1, 0.15) is 27.7 Å². The first-order valence-electron chi connectivity index (χ1n) is 3.89. The van der Waals surface area contributed by atoms with Crippen LogP contribution in [0.5, 0.6) is 0 Å². The third-order valence-corrected chi connectivity index (χ3v) is 2.28. The second-order valence-corrected chi connectivity index (χ2v) is 3.54. The molecule has 4 heteroatoms. The summed E-state index contributed by atoms with van der Waals surface area (Å²) in [4.78, 5) is 23.2. The van der Waals surface area contributed by atoms with Gasteiger partial charge >= 0.3 is 6.09 Å². The zero-order valence-electron chi connectivity index (χ0n) is 7.75. The highest BCUT2D eigenvalue weighted by Gasteiger charge is 2.46. The van der Waals surface area contributed by atoms with Crippen LogP contribution in [0.25, 0.3) is 0 Å². The van der Waals surface area contributed by atoms with Gasteiger partial charge in [-0.1, -0.05) is 0 Å². The maximum atomic E-state index is 11.1. The Bertz CT molecular complexity index is 234. The summed E-state index contributed by atoms with van der Waals surface area (Å²) in [5.41, 5.74) is -0.567. The Labute approximate surface area is 71.5 Å². The molecule has 0 aromatic carbocycles. The van der Waals surface area contributed by atoms with E-state index in [0.717, 1.165) is 4.90 Å². The quantitative estimate of drug-likeness (QED) is 0.549. The number of hydrogen-bond acceptors (Lipinski definition) is 3. The summed E-state index contributed by atoms with van der Waals surface area (Å²) >= 11 is 0. The Morgan fingerprint density at radius 2 is 2.08 bits per heavy atom. The van der Waals surface area contributed by atoms with Gasteiger partial charge < -0.3 is 4.74 Å². The number of carbonyl (C=O) groups excluding carboxylic acids is 2. The van der Waals surface area contributed by atoms with Gasteiger partial charge in [-0.2, -0.15) is 0 Å². The third kappa shape index (κ3) is 1.17. The summed E-state index contributed by atoms with van der Waals surface area (Å²) in [6.45, 7) is 6.74. The molecule has 1 saturated heterocycles. The molecule has 1 heterocycles. The van der Waals surface area contributed by atoms with Crippen LogP contribution in [0.2, 0.25) is 0 Å². The minimum absolute atomic E-state index is 0.192. The summed E-state index contributed by atoms with van der Waals surface area (Å²) in [6.07, 6.45) is -0.542. The highest BCUT2D eigenvalue weighted by molar-refractivity contribution is 5.92. The van der Waals surface area contributed by atoms with Crippen molar-refractivity contribution < 1.29 is 14.3 Å². The van der Waals surface area contributed by atoms with Gasteiger partial charge in [-0.3, -0.25) is 4.79 Å². The lowest BCUT2D eigenvalue weighted by molar-refractivity contribution is -0.127. The predicted molar refractivity (Wildman–Crippen MR) is 42.5 cm³/mol. The van der Waals surface area contributed by atoms with Crippen molar-refractivity contribution in [2.75, 3.05) is 0 Å². The molecular formula is C8H13NO3. The maximum Gasteiger partial charge on any atom is 0.417 e. The summed E-state index contributed by atoms with van der Waals surface area (Å²) in [7, 11) is 0. The summed E-state index contributed by atoms with van der Waals surface area (Å²) < 4.78 is 5.00. The molecule has 1 fully saturated rings. The van der Waals surface area contributed by atoms with Crippen LogP contribution in [-0.4, -0.2) is 28.5 Å². The van der Waals surface area contributed by atoms with Crippen molar-refractivity contribution in [1.29, 1.82) is 0 Å². The average molecular weight is 171 g/mol.